The summed E-state index contributed by atoms with van der Waals surface area (Å²) in [5.74, 6) is 1.82. The highest BCUT2D eigenvalue weighted by Crippen LogP contribution is 2.16. The molecule has 0 aliphatic carbocycles. The van der Waals surface area contributed by atoms with Crippen molar-refractivity contribution in [3.8, 4) is 0 Å². The number of hydrogen-bond acceptors (Lipinski definition) is 3. The third kappa shape index (κ3) is 3.80. The molecule has 1 aromatic heterocycles. The number of aryl methyl sites for hydroxylation is 1. The van der Waals surface area contributed by atoms with Gasteiger partial charge in [0.2, 0.25) is 0 Å². The van der Waals surface area contributed by atoms with Crippen LogP contribution in [0.15, 0.2) is 6.33 Å². The first-order chi connectivity index (χ1) is 8.26. The first kappa shape index (κ1) is 14.2. The van der Waals surface area contributed by atoms with E-state index in [1.165, 1.54) is 12.8 Å². The van der Waals surface area contributed by atoms with E-state index in [0.29, 0.717) is 6.04 Å². The van der Waals surface area contributed by atoms with Crippen LogP contribution in [0.2, 0.25) is 0 Å². The van der Waals surface area contributed by atoms with Gasteiger partial charge in [-0.15, -0.1) is 0 Å². The molecule has 1 rings (SSSR count). The van der Waals surface area contributed by atoms with Gasteiger partial charge in [-0.2, -0.15) is 5.10 Å². The molecule has 0 saturated carbocycles. The summed E-state index contributed by atoms with van der Waals surface area (Å²) >= 11 is 0. The number of nitrogens with one attached hydrogen (secondary N) is 1. The summed E-state index contributed by atoms with van der Waals surface area (Å²) in [5.41, 5.74) is 0. The summed E-state index contributed by atoms with van der Waals surface area (Å²) in [7, 11) is 0. The van der Waals surface area contributed by atoms with E-state index in [4.69, 9.17) is 0 Å². The molecule has 0 spiro atoms. The van der Waals surface area contributed by atoms with Crippen LogP contribution < -0.4 is 5.32 Å². The van der Waals surface area contributed by atoms with Crippen molar-refractivity contribution >= 4 is 0 Å². The maximum atomic E-state index is 4.37. The summed E-state index contributed by atoms with van der Waals surface area (Å²) in [4.78, 5) is 4.37. The average Bonchev–Trinajstić information content (AvgIpc) is 2.78. The number of hydrogen-bond donors (Lipinski definition) is 1. The normalized spacial score (nSPS) is 13.2. The Kier molecular flexibility index (Phi) is 6.19. The third-order valence-electron chi connectivity index (χ3n) is 3.48. The molecule has 1 atom stereocenters. The van der Waals surface area contributed by atoms with E-state index in [1.807, 2.05) is 4.68 Å². The van der Waals surface area contributed by atoms with Crippen LogP contribution in [0.4, 0.5) is 0 Å². The van der Waals surface area contributed by atoms with Crippen molar-refractivity contribution in [3.63, 3.8) is 0 Å². The lowest BCUT2D eigenvalue weighted by Crippen LogP contribution is -2.38. The summed E-state index contributed by atoms with van der Waals surface area (Å²) in [6, 6.07) is 0.518. The second kappa shape index (κ2) is 7.43. The predicted octanol–water partition coefficient (Wildman–Crippen LogP) is 2.25. The summed E-state index contributed by atoms with van der Waals surface area (Å²) in [6.07, 6.45) is 5.08. The van der Waals surface area contributed by atoms with Gasteiger partial charge in [0.25, 0.3) is 0 Å². The Bertz CT molecular complexity index is 304. The van der Waals surface area contributed by atoms with Crippen molar-refractivity contribution in [2.24, 2.45) is 5.92 Å². The van der Waals surface area contributed by atoms with Crippen LogP contribution in [0.5, 0.6) is 0 Å². The molecule has 0 amide bonds. The van der Waals surface area contributed by atoms with Crippen molar-refractivity contribution in [2.45, 2.75) is 59.5 Å². The van der Waals surface area contributed by atoms with E-state index in [-0.39, 0.29) is 0 Å². The summed E-state index contributed by atoms with van der Waals surface area (Å²) in [6.45, 7) is 10.7. The molecule has 1 N–H and O–H groups in total. The van der Waals surface area contributed by atoms with E-state index in [2.05, 4.69) is 43.1 Å². The molecule has 1 unspecified atom stereocenters. The van der Waals surface area contributed by atoms with E-state index in [1.54, 1.807) is 6.33 Å². The average molecular weight is 238 g/mol. The zero-order chi connectivity index (χ0) is 12.7. The minimum Gasteiger partial charge on any atom is -0.314 e. The van der Waals surface area contributed by atoms with Crippen LogP contribution in [-0.4, -0.2) is 27.4 Å². The van der Waals surface area contributed by atoms with Crippen LogP contribution in [0.3, 0.4) is 0 Å². The van der Waals surface area contributed by atoms with Crippen LogP contribution in [0.1, 0.15) is 46.4 Å². The van der Waals surface area contributed by atoms with E-state index in [9.17, 15) is 0 Å². The minimum absolute atomic E-state index is 0.518. The molecule has 0 aliphatic rings. The maximum absolute atomic E-state index is 4.37. The molecule has 4 heteroatoms. The van der Waals surface area contributed by atoms with Gasteiger partial charge in [-0.3, -0.25) is 4.68 Å². The molecule has 0 aliphatic heterocycles. The number of rotatable bonds is 8. The Morgan fingerprint density at radius 1 is 1.24 bits per heavy atom. The Labute approximate surface area is 105 Å². The van der Waals surface area contributed by atoms with E-state index >= 15 is 0 Å². The number of likely N-dealkylation sites (N-methyl/N-ethyl adjacent to an activating group) is 1. The second-order valence-electron chi connectivity index (χ2n) is 4.44. The minimum atomic E-state index is 0.518. The molecular weight excluding hydrogens is 212 g/mol. The molecule has 98 valence electrons. The zero-order valence-corrected chi connectivity index (χ0v) is 11.6. The largest absolute Gasteiger partial charge is 0.314 e. The van der Waals surface area contributed by atoms with Crippen LogP contribution in [-0.2, 0) is 13.0 Å². The molecule has 0 radical (unpaired) electrons. The van der Waals surface area contributed by atoms with Crippen molar-refractivity contribution in [1.29, 1.82) is 0 Å². The lowest BCUT2D eigenvalue weighted by Gasteiger charge is -2.25. The Morgan fingerprint density at radius 2 is 1.94 bits per heavy atom. The molecule has 1 heterocycles. The number of aromatic nitrogens is 3. The summed E-state index contributed by atoms with van der Waals surface area (Å²) in [5, 5.41) is 7.83. The zero-order valence-electron chi connectivity index (χ0n) is 11.6. The SMILES string of the molecule is CCNC(Cc1ncnn1CC)C(CC)CC. The standard InChI is InChI=1S/C13H26N4/c1-5-11(6-2)12(14-7-3)9-13-15-10-16-17(13)8-4/h10-12,14H,5-9H2,1-4H3. The number of nitrogens with zero attached hydrogens (tertiary/aromatic N) is 3. The van der Waals surface area contributed by atoms with Gasteiger partial charge < -0.3 is 5.32 Å². The molecule has 1 aromatic rings. The van der Waals surface area contributed by atoms with Gasteiger partial charge >= 0.3 is 0 Å². The highest BCUT2D eigenvalue weighted by Gasteiger charge is 2.20. The van der Waals surface area contributed by atoms with Crippen molar-refractivity contribution in [1.82, 2.24) is 20.1 Å². The van der Waals surface area contributed by atoms with E-state index in [0.717, 1.165) is 31.3 Å². The molecule has 17 heavy (non-hydrogen) atoms. The summed E-state index contributed by atoms with van der Waals surface area (Å²) < 4.78 is 1.99. The van der Waals surface area contributed by atoms with Crippen molar-refractivity contribution in [3.05, 3.63) is 12.2 Å². The topological polar surface area (TPSA) is 42.7 Å². The first-order valence-electron chi connectivity index (χ1n) is 6.86. The molecule has 0 bridgehead atoms. The quantitative estimate of drug-likeness (QED) is 0.755. The van der Waals surface area contributed by atoms with E-state index < -0.39 is 0 Å². The predicted molar refractivity (Wildman–Crippen MR) is 70.9 cm³/mol. The van der Waals surface area contributed by atoms with Gasteiger partial charge in [-0.05, 0) is 19.4 Å². The van der Waals surface area contributed by atoms with Gasteiger partial charge in [-0.1, -0.05) is 33.6 Å². The highest BCUT2D eigenvalue weighted by atomic mass is 15.3. The Morgan fingerprint density at radius 3 is 2.47 bits per heavy atom. The lowest BCUT2D eigenvalue weighted by atomic mass is 9.91. The van der Waals surface area contributed by atoms with Crippen molar-refractivity contribution in [2.75, 3.05) is 6.54 Å². The fourth-order valence-electron chi connectivity index (χ4n) is 2.43. The smallest absolute Gasteiger partial charge is 0.138 e. The fourth-order valence-corrected chi connectivity index (χ4v) is 2.43. The van der Waals surface area contributed by atoms with Gasteiger partial charge in [0.15, 0.2) is 0 Å². The maximum Gasteiger partial charge on any atom is 0.138 e. The monoisotopic (exact) mass is 238 g/mol. The fraction of sp³-hybridized carbons (Fsp3) is 0.846. The molecular formula is C13H26N4. The van der Waals surface area contributed by atoms with Crippen LogP contribution in [0.25, 0.3) is 0 Å². The molecule has 0 aromatic carbocycles. The second-order valence-corrected chi connectivity index (χ2v) is 4.44. The van der Waals surface area contributed by atoms with Gasteiger partial charge in [0, 0.05) is 19.0 Å². The van der Waals surface area contributed by atoms with Crippen molar-refractivity contribution < 1.29 is 0 Å². The van der Waals surface area contributed by atoms with Gasteiger partial charge in [0.05, 0.1) is 0 Å². The highest BCUT2D eigenvalue weighted by molar-refractivity contribution is 4.91. The lowest BCUT2D eigenvalue weighted by molar-refractivity contribution is 0.328. The van der Waals surface area contributed by atoms with Crippen LogP contribution in [0, 0.1) is 5.92 Å². The van der Waals surface area contributed by atoms with Crippen LogP contribution >= 0.6 is 0 Å². The molecule has 0 fully saturated rings. The first-order valence-corrected chi connectivity index (χ1v) is 6.86. The molecule has 4 nitrogen and oxygen atoms in total. The third-order valence-corrected chi connectivity index (χ3v) is 3.48. The molecule has 0 saturated heterocycles. The van der Waals surface area contributed by atoms with Gasteiger partial charge in [-0.25, -0.2) is 4.98 Å². The Balaban J connectivity index is 2.71. The Hall–Kier alpha value is -0.900. The van der Waals surface area contributed by atoms with Gasteiger partial charge in [0.1, 0.15) is 12.2 Å².